The summed E-state index contributed by atoms with van der Waals surface area (Å²) < 4.78 is 3.64. The lowest BCUT2D eigenvalue weighted by atomic mass is 10.1. The number of carbonyl (C=O) groups excluding carboxylic acids is 1. The molecule has 0 bridgehead atoms. The van der Waals surface area contributed by atoms with Crippen molar-refractivity contribution >= 4 is 16.9 Å². The van der Waals surface area contributed by atoms with E-state index in [0.717, 1.165) is 46.8 Å². The van der Waals surface area contributed by atoms with Crippen molar-refractivity contribution < 1.29 is 4.79 Å². The second-order valence-electron chi connectivity index (χ2n) is 8.80. The summed E-state index contributed by atoms with van der Waals surface area (Å²) in [5, 5.41) is 8.52. The molecule has 35 heavy (non-hydrogen) atoms. The van der Waals surface area contributed by atoms with E-state index in [1.807, 2.05) is 61.0 Å². The van der Waals surface area contributed by atoms with E-state index in [9.17, 15) is 4.79 Å². The molecule has 1 aliphatic rings. The Labute approximate surface area is 201 Å². The SMILES string of the molecule is Cc1nn(-c2ccccn2)c2nc(C3CC3)cc(C(=O)NCc3ccnc(-n4ccnc4C)c3)c12. The lowest BCUT2D eigenvalue weighted by Crippen LogP contribution is -2.23. The third-order valence-electron chi connectivity index (χ3n) is 6.27. The molecule has 0 spiro atoms. The van der Waals surface area contributed by atoms with Crippen LogP contribution in [0.2, 0.25) is 0 Å². The number of imidazole rings is 1. The van der Waals surface area contributed by atoms with Gasteiger partial charge in [-0.15, -0.1) is 0 Å². The molecule has 1 saturated carbocycles. The van der Waals surface area contributed by atoms with Gasteiger partial charge in [-0.1, -0.05) is 6.07 Å². The molecule has 9 nitrogen and oxygen atoms in total. The number of hydrogen-bond donors (Lipinski definition) is 1. The molecular formula is C26H24N8O. The molecule has 0 atom stereocenters. The molecule has 6 rings (SSSR count). The highest BCUT2D eigenvalue weighted by Crippen LogP contribution is 2.40. The van der Waals surface area contributed by atoms with Crippen molar-refractivity contribution in [3.05, 3.63) is 89.5 Å². The van der Waals surface area contributed by atoms with E-state index in [-0.39, 0.29) is 5.91 Å². The number of pyridine rings is 3. The molecule has 1 amide bonds. The number of amides is 1. The number of nitrogens with zero attached hydrogens (tertiary/aromatic N) is 7. The molecule has 1 aliphatic carbocycles. The summed E-state index contributed by atoms with van der Waals surface area (Å²) in [4.78, 5) is 31.5. The van der Waals surface area contributed by atoms with E-state index in [2.05, 4.69) is 25.4 Å². The first-order chi connectivity index (χ1) is 17.1. The Morgan fingerprint density at radius 3 is 2.63 bits per heavy atom. The lowest BCUT2D eigenvalue weighted by Gasteiger charge is -2.11. The average molecular weight is 465 g/mol. The zero-order valence-electron chi connectivity index (χ0n) is 19.5. The van der Waals surface area contributed by atoms with Crippen molar-refractivity contribution in [2.45, 2.75) is 39.2 Å². The van der Waals surface area contributed by atoms with Crippen LogP contribution in [0.1, 0.15) is 51.9 Å². The minimum Gasteiger partial charge on any atom is -0.348 e. The van der Waals surface area contributed by atoms with Crippen molar-refractivity contribution in [1.29, 1.82) is 0 Å². The Morgan fingerprint density at radius 1 is 1.03 bits per heavy atom. The van der Waals surface area contributed by atoms with Crippen LogP contribution in [0, 0.1) is 13.8 Å². The van der Waals surface area contributed by atoms with E-state index in [4.69, 9.17) is 4.98 Å². The highest BCUT2D eigenvalue weighted by molar-refractivity contribution is 6.06. The summed E-state index contributed by atoms with van der Waals surface area (Å²) in [5.74, 6) is 2.53. The van der Waals surface area contributed by atoms with Gasteiger partial charge in [0.05, 0.1) is 16.6 Å². The Kier molecular flexibility index (Phi) is 5.09. The predicted molar refractivity (Wildman–Crippen MR) is 131 cm³/mol. The number of nitrogens with one attached hydrogen (secondary N) is 1. The van der Waals surface area contributed by atoms with Gasteiger partial charge in [0.25, 0.3) is 5.91 Å². The van der Waals surface area contributed by atoms with Crippen LogP contribution in [-0.4, -0.2) is 40.2 Å². The maximum absolute atomic E-state index is 13.5. The molecule has 9 heteroatoms. The number of rotatable bonds is 6. The van der Waals surface area contributed by atoms with Crippen LogP contribution in [0.15, 0.2) is 61.2 Å². The average Bonchev–Trinajstić information content (AvgIpc) is 3.57. The first kappa shape index (κ1) is 21.2. The van der Waals surface area contributed by atoms with Crippen LogP contribution >= 0.6 is 0 Å². The normalized spacial score (nSPS) is 13.3. The minimum absolute atomic E-state index is 0.153. The quantitative estimate of drug-likeness (QED) is 0.410. The minimum atomic E-state index is -0.153. The van der Waals surface area contributed by atoms with Crippen LogP contribution in [0.5, 0.6) is 0 Å². The van der Waals surface area contributed by atoms with Gasteiger partial charge >= 0.3 is 0 Å². The number of fused-ring (bicyclic) bond motifs is 1. The van der Waals surface area contributed by atoms with Crippen molar-refractivity contribution in [3.63, 3.8) is 0 Å². The Balaban J connectivity index is 1.34. The summed E-state index contributed by atoms with van der Waals surface area (Å²) in [7, 11) is 0. The van der Waals surface area contributed by atoms with Crippen LogP contribution in [0.4, 0.5) is 0 Å². The van der Waals surface area contributed by atoms with E-state index in [1.54, 1.807) is 23.3 Å². The zero-order valence-corrected chi connectivity index (χ0v) is 19.5. The van der Waals surface area contributed by atoms with Crippen molar-refractivity contribution in [3.8, 4) is 11.6 Å². The van der Waals surface area contributed by atoms with Gasteiger partial charge in [-0.05, 0) is 62.6 Å². The smallest absolute Gasteiger partial charge is 0.252 e. The standard InChI is InChI=1S/C26H24N8O/c1-16-24-20(26(35)30-15-18-8-10-29-23(13-18)33-12-11-27-17(33)2)14-21(19-6-7-19)31-25(24)34(32-16)22-5-3-4-9-28-22/h3-5,8-14,19H,6-7,15H2,1-2H3,(H,30,35). The Bertz CT molecular complexity index is 1550. The van der Waals surface area contributed by atoms with Gasteiger partial charge in [0.15, 0.2) is 11.5 Å². The van der Waals surface area contributed by atoms with Crippen LogP contribution in [0.25, 0.3) is 22.7 Å². The van der Waals surface area contributed by atoms with E-state index < -0.39 is 0 Å². The third kappa shape index (κ3) is 3.95. The molecule has 0 radical (unpaired) electrons. The maximum atomic E-state index is 13.5. The molecule has 5 heterocycles. The second-order valence-corrected chi connectivity index (χ2v) is 8.80. The fraction of sp³-hybridized carbons (Fsp3) is 0.231. The lowest BCUT2D eigenvalue weighted by molar-refractivity contribution is 0.0952. The summed E-state index contributed by atoms with van der Waals surface area (Å²) >= 11 is 0. The van der Waals surface area contributed by atoms with Gasteiger partial charge in [0, 0.05) is 42.9 Å². The topological polar surface area (TPSA) is 103 Å². The number of carbonyl (C=O) groups is 1. The van der Waals surface area contributed by atoms with E-state index in [1.165, 1.54) is 0 Å². The molecule has 0 aliphatic heterocycles. The number of hydrogen-bond acceptors (Lipinski definition) is 6. The second kappa shape index (κ2) is 8.43. The summed E-state index contributed by atoms with van der Waals surface area (Å²) in [6.45, 7) is 4.20. The van der Waals surface area contributed by atoms with Crippen LogP contribution in [0.3, 0.4) is 0 Å². The molecule has 0 saturated heterocycles. The monoisotopic (exact) mass is 464 g/mol. The predicted octanol–water partition coefficient (Wildman–Crippen LogP) is 3.82. The summed E-state index contributed by atoms with van der Waals surface area (Å²) in [6.07, 6.45) is 9.26. The van der Waals surface area contributed by atoms with Crippen molar-refractivity contribution in [2.24, 2.45) is 0 Å². The Hall–Kier alpha value is -4.40. The van der Waals surface area contributed by atoms with Crippen LogP contribution in [-0.2, 0) is 6.54 Å². The molecule has 1 N–H and O–H groups in total. The van der Waals surface area contributed by atoms with Crippen LogP contribution < -0.4 is 5.32 Å². The highest BCUT2D eigenvalue weighted by Gasteiger charge is 2.29. The molecule has 174 valence electrons. The molecular weight excluding hydrogens is 440 g/mol. The van der Waals surface area contributed by atoms with E-state index in [0.29, 0.717) is 29.5 Å². The number of aromatic nitrogens is 7. The first-order valence-corrected chi connectivity index (χ1v) is 11.6. The molecule has 5 aromatic heterocycles. The largest absolute Gasteiger partial charge is 0.348 e. The highest BCUT2D eigenvalue weighted by atomic mass is 16.1. The van der Waals surface area contributed by atoms with Gasteiger partial charge in [0.2, 0.25) is 0 Å². The molecule has 1 fully saturated rings. The summed E-state index contributed by atoms with van der Waals surface area (Å²) in [6, 6.07) is 11.5. The van der Waals surface area contributed by atoms with Crippen molar-refractivity contribution in [1.82, 2.24) is 39.6 Å². The van der Waals surface area contributed by atoms with Gasteiger partial charge in [-0.25, -0.2) is 19.9 Å². The van der Waals surface area contributed by atoms with Gasteiger partial charge in [-0.3, -0.25) is 9.36 Å². The fourth-order valence-electron chi connectivity index (χ4n) is 4.31. The van der Waals surface area contributed by atoms with Gasteiger partial charge in [-0.2, -0.15) is 9.78 Å². The Morgan fingerprint density at radius 2 is 1.89 bits per heavy atom. The summed E-state index contributed by atoms with van der Waals surface area (Å²) in [5.41, 5.74) is 3.88. The molecule has 5 aromatic rings. The van der Waals surface area contributed by atoms with E-state index >= 15 is 0 Å². The van der Waals surface area contributed by atoms with Crippen molar-refractivity contribution in [2.75, 3.05) is 0 Å². The first-order valence-electron chi connectivity index (χ1n) is 11.6. The molecule has 0 aromatic carbocycles. The third-order valence-corrected chi connectivity index (χ3v) is 6.27. The number of aryl methyl sites for hydroxylation is 2. The van der Waals surface area contributed by atoms with Gasteiger partial charge < -0.3 is 5.32 Å². The fourth-order valence-corrected chi connectivity index (χ4v) is 4.31. The maximum Gasteiger partial charge on any atom is 0.252 e. The zero-order chi connectivity index (χ0) is 23.9. The molecule has 0 unspecified atom stereocenters. The van der Waals surface area contributed by atoms with Gasteiger partial charge in [0.1, 0.15) is 11.6 Å².